The molecule has 1 saturated carbocycles. The lowest BCUT2D eigenvalue weighted by atomic mass is 10.0. The van der Waals surface area contributed by atoms with Crippen LogP contribution in [0.15, 0.2) is 29.2 Å². The summed E-state index contributed by atoms with van der Waals surface area (Å²) in [7, 11) is -1.32. The quantitative estimate of drug-likeness (QED) is 0.898. The fourth-order valence-electron chi connectivity index (χ4n) is 2.42. The van der Waals surface area contributed by atoms with Crippen LogP contribution in [0.2, 0.25) is 0 Å². The average Bonchev–Trinajstić information content (AvgIpc) is 2.82. The third kappa shape index (κ3) is 3.13. The van der Waals surface area contributed by atoms with Crippen LogP contribution in [0.5, 0.6) is 0 Å². The van der Waals surface area contributed by atoms with Crippen LogP contribution in [0, 0.1) is 11.7 Å². The van der Waals surface area contributed by atoms with Crippen LogP contribution in [0.25, 0.3) is 0 Å². The van der Waals surface area contributed by atoms with Gasteiger partial charge >= 0.3 is 0 Å². The van der Waals surface area contributed by atoms with Gasteiger partial charge in [-0.1, -0.05) is 25.0 Å². The SMILES string of the molecule is NC(CS(=O)c1ccccc1F)C1CCCC1. The fraction of sp³-hybridized carbons (Fsp3) is 0.538. The van der Waals surface area contributed by atoms with Gasteiger partial charge in [0.15, 0.2) is 0 Å². The molecule has 4 heteroatoms. The largest absolute Gasteiger partial charge is 0.327 e. The molecule has 0 radical (unpaired) electrons. The van der Waals surface area contributed by atoms with Gasteiger partial charge in [-0.05, 0) is 30.9 Å². The highest BCUT2D eigenvalue weighted by molar-refractivity contribution is 7.85. The van der Waals surface area contributed by atoms with Crippen molar-refractivity contribution in [3.63, 3.8) is 0 Å². The standard InChI is InChI=1S/C13H18FNOS/c14-11-7-3-4-8-13(11)17(16)9-12(15)10-5-1-2-6-10/h3-4,7-8,10,12H,1-2,5-6,9,15H2. The van der Waals surface area contributed by atoms with E-state index >= 15 is 0 Å². The lowest BCUT2D eigenvalue weighted by molar-refractivity contribution is 0.460. The van der Waals surface area contributed by atoms with Crippen LogP contribution in [-0.4, -0.2) is 16.0 Å². The first kappa shape index (κ1) is 12.7. The molecule has 94 valence electrons. The summed E-state index contributed by atoms with van der Waals surface area (Å²) in [6, 6.07) is 6.16. The summed E-state index contributed by atoms with van der Waals surface area (Å²) in [5, 5.41) is 0. The highest BCUT2D eigenvalue weighted by Gasteiger charge is 2.24. The molecule has 0 saturated heterocycles. The summed E-state index contributed by atoms with van der Waals surface area (Å²) in [6.07, 6.45) is 4.67. The minimum absolute atomic E-state index is 0.0714. The van der Waals surface area contributed by atoms with Crippen molar-refractivity contribution in [1.29, 1.82) is 0 Å². The molecule has 2 unspecified atom stereocenters. The van der Waals surface area contributed by atoms with Crippen molar-refractivity contribution in [2.24, 2.45) is 11.7 Å². The van der Waals surface area contributed by atoms with Gasteiger partial charge in [0.25, 0.3) is 0 Å². The molecule has 0 amide bonds. The fourth-order valence-corrected chi connectivity index (χ4v) is 3.73. The third-order valence-corrected chi connectivity index (χ3v) is 4.94. The van der Waals surface area contributed by atoms with Crippen LogP contribution in [-0.2, 0) is 10.8 Å². The van der Waals surface area contributed by atoms with Crippen LogP contribution < -0.4 is 5.73 Å². The summed E-state index contributed by atoms with van der Waals surface area (Å²) in [5.41, 5.74) is 6.05. The van der Waals surface area contributed by atoms with Crippen LogP contribution in [0.3, 0.4) is 0 Å². The topological polar surface area (TPSA) is 43.1 Å². The summed E-state index contributed by atoms with van der Waals surface area (Å²) >= 11 is 0. The Kier molecular flexibility index (Phi) is 4.29. The molecule has 0 heterocycles. The Bertz CT molecular complexity index is 404. The maximum atomic E-state index is 13.4. The Morgan fingerprint density at radius 1 is 1.35 bits per heavy atom. The summed E-state index contributed by atoms with van der Waals surface area (Å²) in [5.74, 6) is 0.432. The van der Waals surface area contributed by atoms with E-state index in [2.05, 4.69) is 0 Å². The van der Waals surface area contributed by atoms with Gasteiger partial charge in [-0.3, -0.25) is 4.21 Å². The first-order chi connectivity index (χ1) is 8.18. The second kappa shape index (κ2) is 5.74. The highest BCUT2D eigenvalue weighted by atomic mass is 32.2. The minimum Gasteiger partial charge on any atom is -0.327 e. The number of hydrogen-bond donors (Lipinski definition) is 1. The summed E-state index contributed by atoms with van der Waals surface area (Å²) in [6.45, 7) is 0. The monoisotopic (exact) mass is 255 g/mol. The second-order valence-corrected chi connectivity index (χ2v) is 6.12. The number of hydrogen-bond acceptors (Lipinski definition) is 2. The Labute approximate surface area is 104 Å². The van der Waals surface area contributed by atoms with Crippen molar-refractivity contribution >= 4 is 10.8 Å². The van der Waals surface area contributed by atoms with E-state index in [9.17, 15) is 8.60 Å². The Morgan fingerprint density at radius 3 is 2.65 bits per heavy atom. The lowest BCUT2D eigenvalue weighted by Crippen LogP contribution is -2.34. The van der Waals surface area contributed by atoms with E-state index in [-0.39, 0.29) is 10.9 Å². The van der Waals surface area contributed by atoms with Crippen molar-refractivity contribution in [2.75, 3.05) is 5.75 Å². The Hall–Kier alpha value is -0.740. The first-order valence-electron chi connectivity index (χ1n) is 6.07. The van der Waals surface area contributed by atoms with Gasteiger partial charge in [0.2, 0.25) is 0 Å². The zero-order valence-corrected chi connectivity index (χ0v) is 10.6. The molecule has 2 rings (SSSR count). The molecule has 0 aliphatic heterocycles. The number of rotatable bonds is 4. The molecular formula is C13H18FNOS. The lowest BCUT2D eigenvalue weighted by Gasteiger charge is -2.18. The van der Waals surface area contributed by atoms with Crippen molar-refractivity contribution in [1.82, 2.24) is 0 Å². The molecule has 0 spiro atoms. The molecule has 2 atom stereocenters. The van der Waals surface area contributed by atoms with E-state index < -0.39 is 16.6 Å². The number of halogens is 1. The van der Waals surface area contributed by atoms with Crippen molar-refractivity contribution in [3.05, 3.63) is 30.1 Å². The molecule has 0 bridgehead atoms. The summed E-state index contributed by atoms with van der Waals surface area (Å²) in [4.78, 5) is 0.279. The Morgan fingerprint density at radius 2 is 2.00 bits per heavy atom. The molecular weight excluding hydrogens is 237 g/mol. The Balaban J connectivity index is 1.99. The molecule has 1 aromatic carbocycles. The maximum absolute atomic E-state index is 13.4. The molecule has 2 nitrogen and oxygen atoms in total. The zero-order chi connectivity index (χ0) is 12.3. The van der Waals surface area contributed by atoms with Gasteiger partial charge in [-0.25, -0.2) is 4.39 Å². The molecule has 1 aromatic rings. The van der Waals surface area contributed by atoms with Crippen molar-refractivity contribution in [3.8, 4) is 0 Å². The average molecular weight is 255 g/mol. The minimum atomic E-state index is -1.32. The molecule has 0 aromatic heterocycles. The van der Waals surface area contributed by atoms with Gasteiger partial charge in [0, 0.05) is 11.8 Å². The van der Waals surface area contributed by atoms with E-state index in [4.69, 9.17) is 5.73 Å². The van der Waals surface area contributed by atoms with E-state index in [0.717, 1.165) is 12.8 Å². The van der Waals surface area contributed by atoms with Gasteiger partial charge in [-0.15, -0.1) is 0 Å². The van der Waals surface area contributed by atoms with Crippen LogP contribution in [0.4, 0.5) is 4.39 Å². The second-order valence-electron chi connectivity index (χ2n) is 4.65. The first-order valence-corrected chi connectivity index (χ1v) is 7.39. The zero-order valence-electron chi connectivity index (χ0n) is 9.77. The molecule has 2 N–H and O–H groups in total. The highest BCUT2D eigenvalue weighted by Crippen LogP contribution is 2.27. The normalized spacial score (nSPS) is 20.4. The molecule has 1 fully saturated rings. The summed E-state index contributed by atoms with van der Waals surface area (Å²) < 4.78 is 25.5. The van der Waals surface area contributed by atoms with Gasteiger partial charge < -0.3 is 5.73 Å². The number of benzene rings is 1. The maximum Gasteiger partial charge on any atom is 0.139 e. The predicted octanol–water partition coefficient (Wildman–Crippen LogP) is 2.45. The van der Waals surface area contributed by atoms with E-state index in [1.165, 1.54) is 18.9 Å². The van der Waals surface area contributed by atoms with Gasteiger partial charge in [0.1, 0.15) is 5.82 Å². The number of nitrogens with two attached hydrogens (primary N) is 1. The van der Waals surface area contributed by atoms with Crippen molar-refractivity contribution in [2.45, 2.75) is 36.6 Å². The van der Waals surface area contributed by atoms with Crippen molar-refractivity contribution < 1.29 is 8.60 Å². The van der Waals surface area contributed by atoms with Gasteiger partial charge in [-0.2, -0.15) is 0 Å². The third-order valence-electron chi connectivity index (χ3n) is 3.43. The molecule has 17 heavy (non-hydrogen) atoms. The predicted molar refractivity (Wildman–Crippen MR) is 67.6 cm³/mol. The smallest absolute Gasteiger partial charge is 0.139 e. The van der Waals surface area contributed by atoms with Gasteiger partial charge in [0.05, 0.1) is 15.7 Å². The van der Waals surface area contributed by atoms with Crippen LogP contribution >= 0.6 is 0 Å². The molecule has 1 aliphatic rings. The van der Waals surface area contributed by atoms with E-state index in [0.29, 0.717) is 11.7 Å². The van der Waals surface area contributed by atoms with E-state index in [1.54, 1.807) is 18.2 Å². The molecule has 1 aliphatic carbocycles. The van der Waals surface area contributed by atoms with Crippen LogP contribution in [0.1, 0.15) is 25.7 Å². The van der Waals surface area contributed by atoms with E-state index in [1.807, 2.05) is 0 Å².